The van der Waals surface area contributed by atoms with Gasteiger partial charge in [0, 0.05) is 33.1 Å². The molecule has 1 aromatic carbocycles. The molecule has 0 bridgehead atoms. The third kappa shape index (κ3) is 3.49. The SMILES string of the molecule is COc1ccc(S(=O)(=O)N2CCN(C(=O)c3nnc(C)o3)CC2)cc1. The zero-order valence-electron chi connectivity index (χ0n) is 13.9. The molecule has 0 spiro atoms. The number of ether oxygens (including phenoxy) is 1. The second-order valence-electron chi connectivity index (χ2n) is 5.50. The fourth-order valence-electron chi connectivity index (χ4n) is 2.55. The van der Waals surface area contributed by atoms with Crippen molar-refractivity contribution in [3.63, 3.8) is 0 Å². The van der Waals surface area contributed by atoms with E-state index in [9.17, 15) is 13.2 Å². The summed E-state index contributed by atoms with van der Waals surface area (Å²) in [5, 5.41) is 7.33. The Balaban J connectivity index is 1.67. The molecule has 25 heavy (non-hydrogen) atoms. The molecule has 2 heterocycles. The molecule has 1 aliphatic heterocycles. The number of methoxy groups -OCH3 is 1. The lowest BCUT2D eigenvalue weighted by Gasteiger charge is -2.33. The standard InChI is InChI=1S/C15H18N4O5S/c1-11-16-17-14(24-11)15(20)18-7-9-19(10-8-18)25(21,22)13-5-3-12(23-2)4-6-13/h3-6H,7-10H2,1-2H3. The molecule has 0 radical (unpaired) electrons. The van der Waals surface area contributed by atoms with Crippen LogP contribution in [0.1, 0.15) is 16.6 Å². The van der Waals surface area contributed by atoms with Crippen LogP contribution in [0.4, 0.5) is 0 Å². The number of aryl methyl sites for hydroxylation is 1. The first-order chi connectivity index (χ1) is 11.9. The van der Waals surface area contributed by atoms with Crippen molar-refractivity contribution in [2.45, 2.75) is 11.8 Å². The quantitative estimate of drug-likeness (QED) is 0.777. The van der Waals surface area contributed by atoms with Gasteiger partial charge in [0.2, 0.25) is 15.9 Å². The molecular weight excluding hydrogens is 348 g/mol. The summed E-state index contributed by atoms with van der Waals surface area (Å²) in [6.45, 7) is 2.52. The fourth-order valence-corrected chi connectivity index (χ4v) is 3.97. The predicted molar refractivity (Wildman–Crippen MR) is 86.7 cm³/mol. The number of hydrogen-bond acceptors (Lipinski definition) is 7. The van der Waals surface area contributed by atoms with E-state index in [4.69, 9.17) is 9.15 Å². The summed E-state index contributed by atoms with van der Waals surface area (Å²) in [6.07, 6.45) is 0. The van der Waals surface area contributed by atoms with Crippen molar-refractivity contribution >= 4 is 15.9 Å². The molecule has 10 heteroatoms. The fraction of sp³-hybridized carbons (Fsp3) is 0.400. The van der Waals surface area contributed by atoms with Crippen molar-refractivity contribution in [2.24, 2.45) is 0 Å². The van der Waals surface area contributed by atoms with E-state index in [1.165, 1.54) is 28.4 Å². The molecule has 0 N–H and O–H groups in total. The summed E-state index contributed by atoms with van der Waals surface area (Å²) in [6, 6.07) is 6.22. The molecule has 0 unspecified atom stereocenters. The summed E-state index contributed by atoms with van der Waals surface area (Å²) in [4.78, 5) is 14.0. The lowest BCUT2D eigenvalue weighted by Crippen LogP contribution is -2.50. The highest BCUT2D eigenvalue weighted by molar-refractivity contribution is 7.89. The molecule has 1 aliphatic rings. The van der Waals surface area contributed by atoms with Gasteiger partial charge in [-0.1, -0.05) is 0 Å². The van der Waals surface area contributed by atoms with Crippen LogP contribution in [-0.2, 0) is 10.0 Å². The maximum Gasteiger partial charge on any atom is 0.311 e. The summed E-state index contributed by atoms with van der Waals surface area (Å²) < 4.78 is 36.9. The number of hydrogen-bond donors (Lipinski definition) is 0. The van der Waals surface area contributed by atoms with Crippen molar-refractivity contribution in [2.75, 3.05) is 33.3 Å². The number of piperazine rings is 1. The first kappa shape index (κ1) is 17.4. The van der Waals surface area contributed by atoms with Crippen LogP contribution in [0.25, 0.3) is 0 Å². The average Bonchev–Trinajstić information content (AvgIpc) is 3.07. The van der Waals surface area contributed by atoms with Crippen LogP contribution in [0.15, 0.2) is 33.6 Å². The largest absolute Gasteiger partial charge is 0.497 e. The van der Waals surface area contributed by atoms with E-state index in [0.29, 0.717) is 11.6 Å². The Kier molecular flexibility index (Phi) is 4.73. The Morgan fingerprint density at radius 1 is 1.12 bits per heavy atom. The lowest BCUT2D eigenvalue weighted by molar-refractivity contribution is 0.0656. The Bertz CT molecular complexity index is 854. The van der Waals surface area contributed by atoms with E-state index < -0.39 is 10.0 Å². The monoisotopic (exact) mass is 366 g/mol. The summed E-state index contributed by atoms with van der Waals surface area (Å²) in [5.74, 6) is 0.430. The molecule has 1 amide bonds. The number of carbonyl (C=O) groups excluding carboxylic acids is 1. The Labute approximate surface area is 145 Å². The van der Waals surface area contributed by atoms with Gasteiger partial charge in [0.15, 0.2) is 0 Å². The van der Waals surface area contributed by atoms with Crippen LogP contribution < -0.4 is 4.74 Å². The van der Waals surface area contributed by atoms with Crippen molar-refractivity contribution < 1.29 is 22.4 Å². The molecule has 134 valence electrons. The minimum absolute atomic E-state index is 0.0797. The van der Waals surface area contributed by atoms with Crippen LogP contribution in [0, 0.1) is 6.92 Å². The van der Waals surface area contributed by atoms with Crippen molar-refractivity contribution in [3.8, 4) is 5.75 Å². The van der Waals surface area contributed by atoms with E-state index in [0.717, 1.165) is 0 Å². The van der Waals surface area contributed by atoms with Crippen molar-refractivity contribution in [1.82, 2.24) is 19.4 Å². The van der Waals surface area contributed by atoms with Gasteiger partial charge in [0.1, 0.15) is 5.75 Å². The van der Waals surface area contributed by atoms with Crippen LogP contribution in [0.5, 0.6) is 5.75 Å². The van der Waals surface area contributed by atoms with Crippen LogP contribution in [-0.4, -0.2) is 67.0 Å². The molecule has 0 aliphatic carbocycles. The number of rotatable bonds is 4. The van der Waals surface area contributed by atoms with E-state index in [1.807, 2.05) is 0 Å². The predicted octanol–water partition coefficient (Wildman–Crippen LogP) is 0.533. The number of amides is 1. The molecule has 9 nitrogen and oxygen atoms in total. The first-order valence-electron chi connectivity index (χ1n) is 7.65. The minimum Gasteiger partial charge on any atom is -0.497 e. The zero-order chi connectivity index (χ0) is 18.0. The maximum atomic E-state index is 12.7. The van der Waals surface area contributed by atoms with Gasteiger partial charge in [-0.3, -0.25) is 4.79 Å². The zero-order valence-corrected chi connectivity index (χ0v) is 14.7. The molecule has 1 fully saturated rings. The molecule has 3 rings (SSSR count). The van der Waals surface area contributed by atoms with Gasteiger partial charge in [-0.15, -0.1) is 10.2 Å². The molecular formula is C15H18N4O5S. The minimum atomic E-state index is -3.61. The number of carbonyl (C=O) groups is 1. The third-order valence-corrected chi connectivity index (χ3v) is 5.84. The summed E-state index contributed by atoms with van der Waals surface area (Å²) in [5.41, 5.74) is 0. The molecule has 1 aromatic heterocycles. The topological polar surface area (TPSA) is 106 Å². The number of benzene rings is 1. The van der Waals surface area contributed by atoms with E-state index >= 15 is 0 Å². The second-order valence-corrected chi connectivity index (χ2v) is 7.44. The Morgan fingerprint density at radius 3 is 2.28 bits per heavy atom. The lowest BCUT2D eigenvalue weighted by atomic mass is 10.3. The number of aromatic nitrogens is 2. The average molecular weight is 366 g/mol. The number of sulfonamides is 1. The highest BCUT2D eigenvalue weighted by Gasteiger charge is 2.31. The molecule has 2 aromatic rings. The van der Waals surface area contributed by atoms with E-state index in [1.54, 1.807) is 19.1 Å². The van der Waals surface area contributed by atoms with Crippen LogP contribution in [0.2, 0.25) is 0 Å². The van der Waals surface area contributed by atoms with Gasteiger partial charge in [0.05, 0.1) is 12.0 Å². The van der Waals surface area contributed by atoms with Crippen LogP contribution in [0.3, 0.4) is 0 Å². The summed E-state index contributed by atoms with van der Waals surface area (Å²) in [7, 11) is -2.09. The molecule has 1 saturated heterocycles. The van der Waals surface area contributed by atoms with Crippen molar-refractivity contribution in [3.05, 3.63) is 36.0 Å². The van der Waals surface area contributed by atoms with Gasteiger partial charge < -0.3 is 14.1 Å². The first-order valence-corrected chi connectivity index (χ1v) is 9.09. The van der Waals surface area contributed by atoms with Crippen molar-refractivity contribution in [1.29, 1.82) is 0 Å². The smallest absolute Gasteiger partial charge is 0.311 e. The Morgan fingerprint density at radius 2 is 1.76 bits per heavy atom. The van der Waals surface area contributed by atoms with E-state index in [2.05, 4.69) is 10.2 Å². The number of nitrogens with zero attached hydrogens (tertiary/aromatic N) is 4. The Hall–Kier alpha value is -2.46. The van der Waals surface area contributed by atoms with Gasteiger partial charge in [0.25, 0.3) is 0 Å². The molecule has 0 atom stereocenters. The second kappa shape index (κ2) is 6.81. The van der Waals surface area contributed by atoms with Crippen LogP contribution >= 0.6 is 0 Å². The molecule has 0 saturated carbocycles. The maximum absolute atomic E-state index is 12.7. The van der Waals surface area contributed by atoms with Gasteiger partial charge in [-0.25, -0.2) is 8.42 Å². The van der Waals surface area contributed by atoms with Gasteiger partial charge >= 0.3 is 11.8 Å². The van der Waals surface area contributed by atoms with Gasteiger partial charge in [-0.05, 0) is 24.3 Å². The highest BCUT2D eigenvalue weighted by atomic mass is 32.2. The van der Waals surface area contributed by atoms with E-state index in [-0.39, 0.29) is 42.9 Å². The highest BCUT2D eigenvalue weighted by Crippen LogP contribution is 2.21. The summed E-state index contributed by atoms with van der Waals surface area (Å²) >= 11 is 0. The third-order valence-electron chi connectivity index (χ3n) is 3.93. The normalized spacial score (nSPS) is 16.0. The van der Waals surface area contributed by atoms with Gasteiger partial charge in [-0.2, -0.15) is 4.31 Å².